The van der Waals surface area contributed by atoms with Crippen LogP contribution in [0.15, 0.2) is 54.6 Å². The SMILES string of the molecule is CC[C@H](OC(=O)c1cccc(NC(C)=O)c1)C(=O)Nc1ccccc1. The molecule has 0 aliphatic carbocycles. The third-order valence-electron chi connectivity index (χ3n) is 3.37. The zero-order valence-electron chi connectivity index (χ0n) is 14.1. The summed E-state index contributed by atoms with van der Waals surface area (Å²) in [7, 11) is 0. The van der Waals surface area contributed by atoms with Crippen molar-refractivity contribution in [1.29, 1.82) is 0 Å². The summed E-state index contributed by atoms with van der Waals surface area (Å²) in [6.45, 7) is 3.14. The lowest BCUT2D eigenvalue weighted by atomic mass is 10.2. The molecule has 2 aromatic rings. The Morgan fingerprint density at radius 3 is 2.28 bits per heavy atom. The largest absolute Gasteiger partial charge is 0.449 e. The van der Waals surface area contributed by atoms with E-state index < -0.39 is 12.1 Å². The molecule has 0 bridgehead atoms. The Bertz CT molecular complexity index is 759. The number of hydrogen-bond donors (Lipinski definition) is 2. The second-order valence-corrected chi connectivity index (χ2v) is 5.42. The molecule has 2 amide bonds. The zero-order valence-corrected chi connectivity index (χ0v) is 14.1. The molecule has 0 saturated carbocycles. The Labute approximate surface area is 146 Å². The van der Waals surface area contributed by atoms with Gasteiger partial charge in [-0.05, 0) is 36.8 Å². The van der Waals surface area contributed by atoms with E-state index in [2.05, 4.69) is 10.6 Å². The van der Waals surface area contributed by atoms with E-state index in [-0.39, 0.29) is 17.4 Å². The maximum atomic E-state index is 12.3. The lowest BCUT2D eigenvalue weighted by Gasteiger charge is -2.16. The molecule has 0 heterocycles. The highest BCUT2D eigenvalue weighted by Gasteiger charge is 2.22. The molecule has 0 spiro atoms. The number of carbonyl (C=O) groups excluding carboxylic acids is 3. The number of nitrogens with one attached hydrogen (secondary N) is 2. The van der Waals surface area contributed by atoms with Crippen LogP contribution in [0, 0.1) is 0 Å². The van der Waals surface area contributed by atoms with Crippen LogP contribution < -0.4 is 10.6 Å². The van der Waals surface area contributed by atoms with Crippen LogP contribution in [0.5, 0.6) is 0 Å². The van der Waals surface area contributed by atoms with Gasteiger partial charge in [-0.1, -0.05) is 31.2 Å². The van der Waals surface area contributed by atoms with Crippen molar-refractivity contribution in [3.63, 3.8) is 0 Å². The van der Waals surface area contributed by atoms with E-state index in [9.17, 15) is 14.4 Å². The Morgan fingerprint density at radius 2 is 1.64 bits per heavy atom. The van der Waals surface area contributed by atoms with Crippen LogP contribution in [0.2, 0.25) is 0 Å². The maximum Gasteiger partial charge on any atom is 0.338 e. The molecule has 0 aliphatic heterocycles. The topological polar surface area (TPSA) is 84.5 Å². The van der Waals surface area contributed by atoms with E-state index in [1.165, 1.54) is 13.0 Å². The number of hydrogen-bond acceptors (Lipinski definition) is 4. The fourth-order valence-corrected chi connectivity index (χ4v) is 2.19. The summed E-state index contributed by atoms with van der Waals surface area (Å²) in [5, 5.41) is 5.31. The molecule has 1 atom stereocenters. The fourth-order valence-electron chi connectivity index (χ4n) is 2.19. The minimum Gasteiger partial charge on any atom is -0.449 e. The van der Waals surface area contributed by atoms with E-state index >= 15 is 0 Å². The molecule has 0 aliphatic rings. The Kier molecular flexibility index (Phi) is 6.28. The second kappa shape index (κ2) is 8.63. The molecular weight excluding hydrogens is 320 g/mol. The fraction of sp³-hybridized carbons (Fsp3) is 0.211. The highest BCUT2D eigenvalue weighted by molar-refractivity contribution is 5.98. The summed E-state index contributed by atoms with van der Waals surface area (Å²) in [5.41, 5.74) is 1.38. The predicted molar refractivity (Wildman–Crippen MR) is 95.3 cm³/mol. The smallest absolute Gasteiger partial charge is 0.338 e. The normalized spacial score (nSPS) is 11.3. The first-order chi connectivity index (χ1) is 12.0. The molecule has 0 unspecified atom stereocenters. The van der Waals surface area contributed by atoms with Crippen molar-refractivity contribution in [2.75, 3.05) is 10.6 Å². The highest BCUT2D eigenvalue weighted by Crippen LogP contribution is 2.14. The first-order valence-corrected chi connectivity index (χ1v) is 7.94. The molecule has 25 heavy (non-hydrogen) atoms. The number of rotatable bonds is 6. The molecule has 2 N–H and O–H groups in total. The summed E-state index contributed by atoms with van der Waals surface area (Å²) < 4.78 is 5.32. The molecule has 2 aromatic carbocycles. The summed E-state index contributed by atoms with van der Waals surface area (Å²) >= 11 is 0. The lowest BCUT2D eigenvalue weighted by molar-refractivity contribution is -0.124. The molecular formula is C19H20N2O4. The quantitative estimate of drug-likeness (QED) is 0.791. The van der Waals surface area contributed by atoms with E-state index in [4.69, 9.17) is 4.74 Å². The highest BCUT2D eigenvalue weighted by atomic mass is 16.5. The van der Waals surface area contributed by atoms with Crippen LogP contribution in [0.4, 0.5) is 11.4 Å². The van der Waals surface area contributed by atoms with Crippen LogP contribution in [-0.2, 0) is 14.3 Å². The first-order valence-electron chi connectivity index (χ1n) is 7.94. The summed E-state index contributed by atoms with van der Waals surface area (Å²) in [4.78, 5) is 35.7. The lowest BCUT2D eigenvalue weighted by Crippen LogP contribution is -2.32. The van der Waals surface area contributed by atoms with Gasteiger partial charge >= 0.3 is 5.97 Å². The summed E-state index contributed by atoms with van der Waals surface area (Å²) in [6, 6.07) is 15.3. The van der Waals surface area contributed by atoms with Crippen molar-refractivity contribution in [3.05, 3.63) is 60.2 Å². The van der Waals surface area contributed by atoms with Gasteiger partial charge in [-0.15, -0.1) is 0 Å². The van der Waals surface area contributed by atoms with Crippen LogP contribution in [0.25, 0.3) is 0 Å². The number of ether oxygens (including phenoxy) is 1. The number of amides is 2. The van der Waals surface area contributed by atoms with Crippen molar-refractivity contribution < 1.29 is 19.1 Å². The van der Waals surface area contributed by atoms with Crippen molar-refractivity contribution in [2.45, 2.75) is 26.4 Å². The van der Waals surface area contributed by atoms with Gasteiger partial charge < -0.3 is 15.4 Å². The molecule has 0 radical (unpaired) electrons. The molecule has 130 valence electrons. The average Bonchev–Trinajstić information content (AvgIpc) is 2.60. The standard InChI is InChI=1S/C19H20N2O4/c1-3-17(18(23)21-15-9-5-4-6-10-15)25-19(24)14-8-7-11-16(12-14)20-13(2)22/h4-12,17H,3H2,1-2H3,(H,20,22)(H,21,23)/t17-/m0/s1. The second-order valence-electron chi connectivity index (χ2n) is 5.42. The van der Waals surface area contributed by atoms with E-state index in [1.807, 2.05) is 6.07 Å². The number of carbonyl (C=O) groups is 3. The van der Waals surface area contributed by atoms with E-state index in [1.54, 1.807) is 49.4 Å². The van der Waals surface area contributed by atoms with Gasteiger partial charge in [0.1, 0.15) is 0 Å². The van der Waals surface area contributed by atoms with Crippen LogP contribution in [-0.4, -0.2) is 23.9 Å². The van der Waals surface area contributed by atoms with Gasteiger partial charge in [-0.3, -0.25) is 9.59 Å². The minimum absolute atomic E-state index is 0.237. The average molecular weight is 340 g/mol. The monoisotopic (exact) mass is 340 g/mol. The minimum atomic E-state index is -0.905. The van der Waals surface area contributed by atoms with E-state index in [0.717, 1.165) is 0 Å². The van der Waals surface area contributed by atoms with Gasteiger partial charge in [0.25, 0.3) is 5.91 Å². The van der Waals surface area contributed by atoms with Gasteiger partial charge in [-0.2, -0.15) is 0 Å². The predicted octanol–water partition coefficient (Wildman–Crippen LogP) is 3.22. The number of benzene rings is 2. The van der Waals surface area contributed by atoms with Crippen molar-refractivity contribution >= 4 is 29.2 Å². The molecule has 2 rings (SSSR count). The number of esters is 1. The van der Waals surface area contributed by atoms with Crippen LogP contribution in [0.1, 0.15) is 30.6 Å². The number of anilines is 2. The Balaban J connectivity index is 2.04. The molecule has 6 nitrogen and oxygen atoms in total. The van der Waals surface area contributed by atoms with Gasteiger partial charge in [0.15, 0.2) is 6.10 Å². The van der Waals surface area contributed by atoms with Crippen LogP contribution in [0.3, 0.4) is 0 Å². The Hall–Kier alpha value is -3.15. The van der Waals surface area contributed by atoms with Gasteiger partial charge in [0.2, 0.25) is 5.91 Å². The summed E-state index contributed by atoms with van der Waals surface area (Å²) in [6.07, 6.45) is -0.562. The van der Waals surface area contributed by atoms with Crippen molar-refractivity contribution in [3.8, 4) is 0 Å². The molecule has 6 heteroatoms. The Morgan fingerprint density at radius 1 is 0.960 bits per heavy atom. The van der Waals surface area contributed by atoms with Gasteiger partial charge in [0.05, 0.1) is 5.56 Å². The first kappa shape index (κ1) is 18.2. The molecule has 0 aromatic heterocycles. The van der Waals surface area contributed by atoms with Crippen LogP contribution >= 0.6 is 0 Å². The molecule has 0 fully saturated rings. The van der Waals surface area contributed by atoms with Gasteiger partial charge in [0, 0.05) is 18.3 Å². The molecule has 0 saturated heterocycles. The maximum absolute atomic E-state index is 12.3. The van der Waals surface area contributed by atoms with Crippen molar-refractivity contribution in [1.82, 2.24) is 0 Å². The third-order valence-corrected chi connectivity index (χ3v) is 3.37. The summed E-state index contributed by atoms with van der Waals surface area (Å²) in [5.74, 6) is -1.25. The van der Waals surface area contributed by atoms with Crippen molar-refractivity contribution in [2.24, 2.45) is 0 Å². The third kappa shape index (κ3) is 5.46. The van der Waals surface area contributed by atoms with Gasteiger partial charge in [-0.25, -0.2) is 4.79 Å². The zero-order chi connectivity index (χ0) is 18.2. The number of para-hydroxylation sites is 1. The van der Waals surface area contributed by atoms with E-state index in [0.29, 0.717) is 17.8 Å².